The number of nitrogens with zero attached hydrogens (tertiary/aromatic N) is 1. The van der Waals surface area contributed by atoms with Crippen LogP contribution in [-0.2, 0) is 4.74 Å². The Morgan fingerprint density at radius 3 is 2.28 bits per heavy atom. The standard InChI is InChI=1S/C14H21NO3/c1-11(15-16)12-5-7-13(8-6-12)17-9-10-18-14(2,3)4/h5-8,16H,9-10H2,1-4H3/b15-11-. The zero-order chi connectivity index (χ0) is 13.6. The van der Waals surface area contributed by atoms with E-state index in [9.17, 15) is 0 Å². The van der Waals surface area contributed by atoms with Gasteiger partial charge in [-0.15, -0.1) is 0 Å². The summed E-state index contributed by atoms with van der Waals surface area (Å²) >= 11 is 0. The topological polar surface area (TPSA) is 51.1 Å². The molecule has 0 radical (unpaired) electrons. The molecule has 1 aromatic carbocycles. The summed E-state index contributed by atoms with van der Waals surface area (Å²) < 4.78 is 11.1. The lowest BCUT2D eigenvalue weighted by molar-refractivity contribution is -0.0163. The summed E-state index contributed by atoms with van der Waals surface area (Å²) in [6.45, 7) is 8.86. The molecule has 1 aromatic rings. The lowest BCUT2D eigenvalue weighted by Crippen LogP contribution is -2.22. The molecule has 0 aliphatic heterocycles. The molecule has 0 amide bonds. The first-order valence-corrected chi connectivity index (χ1v) is 5.98. The SMILES string of the molecule is C/C(=N/O)c1ccc(OCCOC(C)(C)C)cc1. The van der Waals surface area contributed by atoms with Gasteiger partial charge in [0.05, 0.1) is 17.9 Å². The summed E-state index contributed by atoms with van der Waals surface area (Å²) in [5.41, 5.74) is 1.32. The highest BCUT2D eigenvalue weighted by molar-refractivity contribution is 5.98. The Hall–Kier alpha value is -1.55. The van der Waals surface area contributed by atoms with E-state index in [4.69, 9.17) is 14.7 Å². The minimum Gasteiger partial charge on any atom is -0.491 e. The number of oxime groups is 1. The largest absolute Gasteiger partial charge is 0.491 e. The molecular weight excluding hydrogens is 230 g/mol. The fraction of sp³-hybridized carbons (Fsp3) is 0.500. The molecule has 100 valence electrons. The maximum absolute atomic E-state index is 8.65. The molecule has 0 aromatic heterocycles. The van der Waals surface area contributed by atoms with Crippen LogP contribution in [0.3, 0.4) is 0 Å². The van der Waals surface area contributed by atoms with Crippen molar-refractivity contribution in [3.63, 3.8) is 0 Å². The van der Waals surface area contributed by atoms with Gasteiger partial charge in [-0.3, -0.25) is 0 Å². The van der Waals surface area contributed by atoms with Crippen LogP contribution in [-0.4, -0.2) is 29.7 Å². The molecule has 1 rings (SSSR count). The summed E-state index contributed by atoms with van der Waals surface area (Å²) in [6, 6.07) is 7.41. The van der Waals surface area contributed by atoms with Crippen LogP contribution in [0.2, 0.25) is 0 Å². The molecule has 18 heavy (non-hydrogen) atoms. The van der Waals surface area contributed by atoms with Gasteiger partial charge in [0.15, 0.2) is 0 Å². The van der Waals surface area contributed by atoms with Gasteiger partial charge in [0, 0.05) is 0 Å². The first-order chi connectivity index (χ1) is 8.42. The average molecular weight is 251 g/mol. The van der Waals surface area contributed by atoms with Crippen LogP contribution in [0.5, 0.6) is 5.75 Å². The van der Waals surface area contributed by atoms with Gasteiger partial charge in [-0.25, -0.2) is 0 Å². The Morgan fingerprint density at radius 2 is 1.78 bits per heavy atom. The van der Waals surface area contributed by atoms with E-state index in [1.54, 1.807) is 6.92 Å². The molecule has 0 aliphatic rings. The van der Waals surface area contributed by atoms with Crippen LogP contribution in [0.1, 0.15) is 33.3 Å². The highest BCUT2D eigenvalue weighted by Gasteiger charge is 2.09. The number of ether oxygens (including phenoxy) is 2. The monoisotopic (exact) mass is 251 g/mol. The maximum Gasteiger partial charge on any atom is 0.119 e. The van der Waals surface area contributed by atoms with Gasteiger partial charge in [-0.2, -0.15) is 0 Å². The second-order valence-corrected chi connectivity index (χ2v) is 5.02. The lowest BCUT2D eigenvalue weighted by atomic mass is 10.1. The number of rotatable bonds is 5. The molecule has 0 unspecified atom stereocenters. The minimum absolute atomic E-state index is 0.137. The zero-order valence-electron chi connectivity index (χ0n) is 11.4. The van der Waals surface area contributed by atoms with E-state index in [-0.39, 0.29) is 5.60 Å². The van der Waals surface area contributed by atoms with E-state index in [0.29, 0.717) is 18.9 Å². The summed E-state index contributed by atoms with van der Waals surface area (Å²) in [5.74, 6) is 0.780. The van der Waals surface area contributed by atoms with E-state index in [0.717, 1.165) is 11.3 Å². The average Bonchev–Trinajstić information content (AvgIpc) is 2.33. The van der Waals surface area contributed by atoms with E-state index in [2.05, 4.69) is 5.16 Å². The van der Waals surface area contributed by atoms with Crippen molar-refractivity contribution in [1.82, 2.24) is 0 Å². The molecule has 0 fully saturated rings. The minimum atomic E-state index is -0.137. The molecule has 4 nitrogen and oxygen atoms in total. The Morgan fingerprint density at radius 1 is 1.17 bits per heavy atom. The molecule has 0 aliphatic carbocycles. The highest BCUT2D eigenvalue weighted by atomic mass is 16.5. The van der Waals surface area contributed by atoms with Gasteiger partial charge in [-0.05, 0) is 57.5 Å². The number of hydrogen-bond acceptors (Lipinski definition) is 4. The van der Waals surface area contributed by atoms with Gasteiger partial charge < -0.3 is 14.7 Å². The van der Waals surface area contributed by atoms with Crippen molar-refractivity contribution in [2.75, 3.05) is 13.2 Å². The molecule has 0 spiro atoms. The van der Waals surface area contributed by atoms with Crippen LogP contribution >= 0.6 is 0 Å². The Labute approximate surface area is 108 Å². The predicted molar refractivity (Wildman–Crippen MR) is 71.6 cm³/mol. The molecule has 0 atom stereocenters. The molecule has 0 saturated heterocycles. The summed E-state index contributed by atoms with van der Waals surface area (Å²) in [5, 5.41) is 11.8. The van der Waals surface area contributed by atoms with Crippen molar-refractivity contribution >= 4 is 5.71 Å². The van der Waals surface area contributed by atoms with Crippen molar-refractivity contribution in [3.05, 3.63) is 29.8 Å². The van der Waals surface area contributed by atoms with Gasteiger partial charge in [0.25, 0.3) is 0 Å². The van der Waals surface area contributed by atoms with Crippen LogP contribution in [0.4, 0.5) is 0 Å². The summed E-state index contributed by atoms with van der Waals surface area (Å²) in [7, 11) is 0. The normalized spacial score (nSPS) is 12.6. The third kappa shape index (κ3) is 5.19. The van der Waals surface area contributed by atoms with Crippen LogP contribution in [0, 0.1) is 0 Å². The van der Waals surface area contributed by atoms with E-state index in [1.807, 2.05) is 45.0 Å². The van der Waals surface area contributed by atoms with Crippen molar-refractivity contribution in [1.29, 1.82) is 0 Å². The molecular formula is C14H21NO3. The van der Waals surface area contributed by atoms with E-state index >= 15 is 0 Å². The predicted octanol–water partition coefficient (Wildman–Crippen LogP) is 3.08. The molecule has 0 saturated carbocycles. The maximum atomic E-state index is 8.65. The van der Waals surface area contributed by atoms with Crippen molar-refractivity contribution in [3.8, 4) is 5.75 Å². The molecule has 4 heteroatoms. The van der Waals surface area contributed by atoms with Crippen molar-refractivity contribution in [2.24, 2.45) is 5.16 Å². The smallest absolute Gasteiger partial charge is 0.119 e. The Balaban J connectivity index is 2.40. The van der Waals surface area contributed by atoms with Gasteiger partial charge in [0.2, 0.25) is 0 Å². The second kappa shape index (κ2) is 6.40. The first kappa shape index (κ1) is 14.5. The van der Waals surface area contributed by atoms with E-state index < -0.39 is 0 Å². The Bertz CT molecular complexity index is 390. The van der Waals surface area contributed by atoms with Crippen molar-refractivity contribution in [2.45, 2.75) is 33.3 Å². The fourth-order valence-electron chi connectivity index (χ4n) is 1.36. The highest BCUT2D eigenvalue weighted by Crippen LogP contribution is 2.13. The van der Waals surface area contributed by atoms with E-state index in [1.165, 1.54) is 0 Å². The van der Waals surface area contributed by atoms with Gasteiger partial charge in [0.1, 0.15) is 12.4 Å². The van der Waals surface area contributed by atoms with Crippen LogP contribution in [0.15, 0.2) is 29.4 Å². The van der Waals surface area contributed by atoms with Crippen LogP contribution in [0.25, 0.3) is 0 Å². The van der Waals surface area contributed by atoms with Crippen molar-refractivity contribution < 1.29 is 14.7 Å². The summed E-state index contributed by atoms with van der Waals surface area (Å²) in [6.07, 6.45) is 0. The zero-order valence-corrected chi connectivity index (χ0v) is 11.4. The fourth-order valence-corrected chi connectivity index (χ4v) is 1.36. The first-order valence-electron chi connectivity index (χ1n) is 5.98. The second-order valence-electron chi connectivity index (χ2n) is 5.02. The number of hydrogen-bond donors (Lipinski definition) is 1. The quantitative estimate of drug-likeness (QED) is 0.378. The van der Waals surface area contributed by atoms with Crippen LogP contribution < -0.4 is 4.74 Å². The molecule has 0 bridgehead atoms. The molecule has 0 heterocycles. The third-order valence-corrected chi connectivity index (χ3v) is 2.31. The van der Waals surface area contributed by atoms with Gasteiger partial charge in [-0.1, -0.05) is 5.16 Å². The number of benzene rings is 1. The lowest BCUT2D eigenvalue weighted by Gasteiger charge is -2.19. The summed E-state index contributed by atoms with van der Waals surface area (Å²) in [4.78, 5) is 0. The van der Waals surface area contributed by atoms with Gasteiger partial charge >= 0.3 is 0 Å². The third-order valence-electron chi connectivity index (χ3n) is 2.31. The molecule has 1 N–H and O–H groups in total. The Kier molecular flexibility index (Phi) is 5.16.